The van der Waals surface area contributed by atoms with Crippen molar-refractivity contribution in [3.63, 3.8) is 0 Å². The molecule has 0 aliphatic heterocycles. The van der Waals surface area contributed by atoms with E-state index in [4.69, 9.17) is 0 Å². The number of allylic oxidation sites excluding steroid dienone is 2. The quantitative estimate of drug-likeness (QED) is 0.352. The first-order chi connectivity index (χ1) is 2.77. The van der Waals surface area contributed by atoms with Gasteiger partial charge < -0.3 is 0 Å². The molecule has 0 saturated carbocycles. The van der Waals surface area contributed by atoms with Gasteiger partial charge in [0.1, 0.15) is 5.57 Å². The Balaban J connectivity index is 3.41. The first-order valence-corrected chi connectivity index (χ1v) is 2.09. The van der Waals surface area contributed by atoms with Crippen LogP contribution in [0.2, 0.25) is 0 Å². The van der Waals surface area contributed by atoms with Gasteiger partial charge in [-0.25, -0.2) is 4.39 Å². The molecule has 0 spiro atoms. The van der Waals surface area contributed by atoms with Crippen LogP contribution in [0.1, 0.15) is 0 Å². The summed E-state index contributed by atoms with van der Waals surface area (Å²) in [6.45, 7) is 3.27. The van der Waals surface area contributed by atoms with Crippen LogP contribution in [-0.4, -0.2) is 0 Å². The Morgan fingerprint density at radius 2 is 2.33 bits per heavy atom. The second-order valence-corrected chi connectivity index (χ2v) is 1.34. The second kappa shape index (κ2) is 3.05. The van der Waals surface area contributed by atoms with Crippen molar-refractivity contribution in [3.8, 4) is 0 Å². The van der Waals surface area contributed by atoms with Gasteiger partial charge in [-0.2, -0.15) is 0 Å². The van der Waals surface area contributed by atoms with E-state index in [0.717, 1.165) is 0 Å². The lowest BCUT2D eigenvalue weighted by Gasteiger charge is -1.70. The Bertz CT molecular complexity index is 71.6. The minimum absolute atomic E-state index is 0.287. The van der Waals surface area contributed by atoms with E-state index in [9.17, 15) is 4.39 Å². The first-order valence-electron chi connectivity index (χ1n) is 1.51. The van der Waals surface area contributed by atoms with E-state index in [1.165, 1.54) is 12.2 Å². The average Bonchev–Trinajstić information content (AvgIpc) is 1.35. The van der Waals surface area contributed by atoms with Gasteiger partial charge >= 0.3 is 0 Å². The van der Waals surface area contributed by atoms with E-state index >= 15 is 0 Å². The van der Waals surface area contributed by atoms with Gasteiger partial charge in [0, 0.05) is 0 Å². The van der Waals surface area contributed by atoms with Crippen LogP contribution in [0, 0.1) is 0 Å². The van der Waals surface area contributed by atoms with Crippen molar-refractivity contribution in [3.05, 3.63) is 24.3 Å². The van der Waals surface area contributed by atoms with Crippen molar-refractivity contribution in [1.82, 2.24) is 0 Å². The molecule has 0 saturated heterocycles. The molecule has 0 N–H and O–H groups in total. The molecule has 1 atom stereocenters. The lowest BCUT2D eigenvalue weighted by Crippen LogP contribution is -1.44. The van der Waals surface area contributed by atoms with Crippen molar-refractivity contribution in [2.45, 2.75) is 0 Å². The molecule has 6 heavy (non-hydrogen) atoms. The number of halogens is 1. The molecular weight excluding hydrogens is 98.0 g/mol. The lowest BCUT2D eigenvalue weighted by molar-refractivity contribution is 0.700. The highest BCUT2D eigenvalue weighted by Crippen LogP contribution is 2.03. The predicted molar refractivity (Wildman–Crippen MR) is 29.1 cm³/mol. The number of hydrogen-bond acceptors (Lipinski definition) is 0. The second-order valence-electron chi connectivity index (χ2n) is 0.787. The molecule has 0 aliphatic rings. The minimum atomic E-state index is -0.287. The van der Waals surface area contributed by atoms with E-state index in [-0.39, 0.29) is 5.57 Å². The van der Waals surface area contributed by atoms with E-state index in [1.54, 1.807) is 0 Å². The molecule has 34 valence electrons. The molecule has 0 nitrogen and oxygen atoms in total. The fourth-order valence-corrected chi connectivity index (χ4v) is 0.249. The fraction of sp³-hybridized carbons (Fsp3) is 0. The lowest BCUT2D eigenvalue weighted by atomic mass is 10.6. The van der Waals surface area contributed by atoms with Crippen LogP contribution in [0.5, 0.6) is 0 Å². The van der Waals surface area contributed by atoms with Crippen molar-refractivity contribution < 1.29 is 4.39 Å². The van der Waals surface area contributed by atoms with Gasteiger partial charge in [0.2, 0.25) is 0 Å². The standard InChI is InChI=1S/C4H6FP/c1-2-3-4(5)6/h2-3H,1,6H2/b4-3+. The summed E-state index contributed by atoms with van der Waals surface area (Å²) >= 11 is 0. The molecule has 0 rings (SSSR count). The summed E-state index contributed by atoms with van der Waals surface area (Å²) in [5, 5.41) is 0. The highest BCUT2D eigenvalue weighted by molar-refractivity contribution is 7.22. The zero-order valence-electron chi connectivity index (χ0n) is 3.32. The maximum atomic E-state index is 11.5. The molecule has 0 fully saturated rings. The molecule has 0 heterocycles. The van der Waals surface area contributed by atoms with Gasteiger partial charge in [0.15, 0.2) is 0 Å². The van der Waals surface area contributed by atoms with Gasteiger partial charge in [-0.05, 0) is 6.08 Å². The summed E-state index contributed by atoms with van der Waals surface area (Å²) in [6, 6.07) is 0. The molecule has 0 bridgehead atoms. The van der Waals surface area contributed by atoms with Crippen LogP contribution in [0.3, 0.4) is 0 Å². The molecule has 0 aromatic carbocycles. The van der Waals surface area contributed by atoms with E-state index in [1.807, 2.05) is 9.24 Å². The van der Waals surface area contributed by atoms with Crippen LogP contribution in [-0.2, 0) is 0 Å². The smallest absolute Gasteiger partial charge is 0.116 e. The Kier molecular flexibility index (Phi) is 2.97. The summed E-state index contributed by atoms with van der Waals surface area (Å²) in [6.07, 6.45) is 2.66. The number of rotatable bonds is 1. The average molecular weight is 104 g/mol. The van der Waals surface area contributed by atoms with Gasteiger partial charge in [-0.15, -0.1) is 0 Å². The minimum Gasteiger partial charge on any atom is -0.207 e. The normalized spacial score (nSPS) is 11.3. The molecule has 0 radical (unpaired) electrons. The van der Waals surface area contributed by atoms with Crippen LogP contribution in [0.25, 0.3) is 0 Å². The Labute approximate surface area is 39.0 Å². The fourth-order valence-electron chi connectivity index (χ4n) is 0.113. The predicted octanol–water partition coefficient (Wildman–Crippen LogP) is 1.86. The van der Waals surface area contributed by atoms with Gasteiger partial charge in [-0.1, -0.05) is 21.9 Å². The van der Waals surface area contributed by atoms with Gasteiger partial charge in [0.25, 0.3) is 0 Å². The Hall–Kier alpha value is -0.160. The van der Waals surface area contributed by atoms with Gasteiger partial charge in [-0.3, -0.25) is 0 Å². The maximum absolute atomic E-state index is 11.5. The summed E-state index contributed by atoms with van der Waals surface area (Å²) in [4.78, 5) is 0. The highest BCUT2D eigenvalue weighted by atomic mass is 31.0. The summed E-state index contributed by atoms with van der Waals surface area (Å²) in [5.41, 5.74) is -0.287. The van der Waals surface area contributed by atoms with E-state index in [2.05, 4.69) is 6.58 Å². The first kappa shape index (κ1) is 5.84. The molecule has 0 amide bonds. The summed E-state index contributed by atoms with van der Waals surface area (Å²) < 4.78 is 11.5. The highest BCUT2D eigenvalue weighted by Gasteiger charge is 1.69. The molecule has 2 heteroatoms. The third-order valence-electron chi connectivity index (χ3n) is 0.277. The topological polar surface area (TPSA) is 0 Å². The van der Waals surface area contributed by atoms with E-state index in [0.29, 0.717) is 0 Å². The van der Waals surface area contributed by atoms with Gasteiger partial charge in [0.05, 0.1) is 0 Å². The van der Waals surface area contributed by atoms with Crippen molar-refractivity contribution >= 4 is 9.24 Å². The Morgan fingerprint density at radius 1 is 1.83 bits per heavy atom. The van der Waals surface area contributed by atoms with Crippen LogP contribution < -0.4 is 0 Å². The van der Waals surface area contributed by atoms with Crippen molar-refractivity contribution in [2.75, 3.05) is 0 Å². The monoisotopic (exact) mass is 104 g/mol. The molecule has 0 aliphatic carbocycles. The third-order valence-corrected chi connectivity index (χ3v) is 0.470. The maximum Gasteiger partial charge on any atom is 0.116 e. The van der Waals surface area contributed by atoms with Crippen molar-refractivity contribution in [1.29, 1.82) is 0 Å². The third kappa shape index (κ3) is 3.84. The van der Waals surface area contributed by atoms with Crippen LogP contribution in [0.4, 0.5) is 4.39 Å². The molecule has 0 aromatic heterocycles. The van der Waals surface area contributed by atoms with Crippen molar-refractivity contribution in [2.24, 2.45) is 0 Å². The summed E-state index contributed by atoms with van der Waals surface area (Å²) in [5.74, 6) is 0. The zero-order valence-corrected chi connectivity index (χ0v) is 4.47. The van der Waals surface area contributed by atoms with E-state index < -0.39 is 0 Å². The largest absolute Gasteiger partial charge is 0.207 e. The molecule has 1 unspecified atom stereocenters. The Morgan fingerprint density at radius 3 is 2.33 bits per heavy atom. The zero-order chi connectivity index (χ0) is 4.99. The molecule has 0 aromatic rings. The van der Waals surface area contributed by atoms with Crippen LogP contribution >= 0.6 is 9.24 Å². The van der Waals surface area contributed by atoms with Crippen LogP contribution in [0.15, 0.2) is 24.3 Å². The summed E-state index contributed by atoms with van der Waals surface area (Å²) in [7, 11) is 1.90. The SMILES string of the molecule is C=C/C=C(\F)P. The molecular formula is C4H6FP. The number of hydrogen-bond donors (Lipinski definition) is 0.